The lowest BCUT2D eigenvalue weighted by Crippen LogP contribution is -2.28. The van der Waals surface area contributed by atoms with Crippen molar-refractivity contribution in [1.29, 1.82) is 0 Å². The van der Waals surface area contributed by atoms with Crippen LogP contribution in [0.5, 0.6) is 11.5 Å². The Morgan fingerprint density at radius 1 is 1.16 bits per heavy atom. The van der Waals surface area contributed by atoms with Crippen LogP contribution in [0.3, 0.4) is 0 Å². The molecule has 2 N–H and O–H groups in total. The average Bonchev–Trinajstić information content (AvgIpc) is 2.66. The molecular weight excluding hydrogens is 422 g/mol. The number of carbonyl (C=O) groups excluding carboxylic acids is 2. The molecule has 2 aromatic rings. The molecule has 0 saturated heterocycles. The van der Waals surface area contributed by atoms with E-state index < -0.39 is 15.8 Å². The summed E-state index contributed by atoms with van der Waals surface area (Å²) in [5.41, 5.74) is 5.96. The quantitative estimate of drug-likeness (QED) is 0.433. The number of carbonyl (C=O) groups is 2. The summed E-state index contributed by atoms with van der Waals surface area (Å²) >= 11 is 0. The van der Waals surface area contributed by atoms with Gasteiger partial charge in [-0.1, -0.05) is 13.8 Å². The first-order chi connectivity index (χ1) is 14.4. The van der Waals surface area contributed by atoms with Crippen LogP contribution in [0.4, 0.5) is 11.5 Å². The van der Waals surface area contributed by atoms with Crippen LogP contribution in [0.1, 0.15) is 43.6 Å². The smallest absolute Gasteiger partial charge is 0.238 e. The van der Waals surface area contributed by atoms with Gasteiger partial charge in [-0.15, -0.1) is 0 Å². The molecular formula is C21H27N3O6S. The van der Waals surface area contributed by atoms with E-state index in [9.17, 15) is 18.0 Å². The fourth-order valence-corrected chi connectivity index (χ4v) is 3.28. The number of sulfonamides is 1. The Morgan fingerprint density at radius 3 is 2.35 bits per heavy atom. The number of pyridine rings is 1. The Kier molecular flexibility index (Phi) is 7.61. The van der Waals surface area contributed by atoms with Crippen LogP contribution in [0, 0.1) is 5.92 Å². The highest BCUT2D eigenvalue weighted by Crippen LogP contribution is 2.28. The Bertz CT molecular complexity index is 1070. The molecule has 0 aliphatic rings. The number of anilines is 2. The first-order valence-electron chi connectivity index (χ1n) is 9.61. The molecule has 2 rings (SSSR count). The van der Waals surface area contributed by atoms with Crippen LogP contribution in [0.15, 0.2) is 30.5 Å². The fourth-order valence-electron chi connectivity index (χ4n) is 2.64. The lowest BCUT2D eigenvalue weighted by molar-refractivity contribution is -0.106. The maximum absolute atomic E-state index is 13.2. The van der Waals surface area contributed by atoms with E-state index in [0.717, 1.165) is 12.5 Å². The van der Waals surface area contributed by atoms with E-state index in [4.69, 9.17) is 15.2 Å². The standard InChI is InChI=1S/C21H27N3O6S/c1-13(2)11-29-17-6-15(7-18(9-17)30-14(3)4)20(26)19-8-16(10-23-21(19)22)24(12-25)31(5,27)28/h6-10,12-14H,11H2,1-5H3,(H2,22,23). The number of rotatable bonds is 10. The zero-order chi connectivity index (χ0) is 23.3. The highest BCUT2D eigenvalue weighted by Gasteiger charge is 2.22. The molecule has 168 valence electrons. The summed E-state index contributed by atoms with van der Waals surface area (Å²) < 4.78 is 35.6. The summed E-state index contributed by atoms with van der Waals surface area (Å²) in [4.78, 5) is 28.4. The predicted molar refractivity (Wildman–Crippen MR) is 118 cm³/mol. The van der Waals surface area contributed by atoms with E-state index in [-0.39, 0.29) is 41.1 Å². The molecule has 0 unspecified atom stereocenters. The van der Waals surface area contributed by atoms with E-state index in [1.165, 1.54) is 6.07 Å². The Balaban J connectivity index is 2.53. The molecule has 0 radical (unpaired) electrons. The minimum atomic E-state index is -3.90. The molecule has 0 aliphatic carbocycles. The van der Waals surface area contributed by atoms with E-state index in [0.29, 0.717) is 22.4 Å². The number of ketones is 1. The number of nitrogen functional groups attached to an aromatic ring is 1. The molecule has 1 heterocycles. The van der Waals surface area contributed by atoms with Gasteiger partial charge in [0.25, 0.3) is 0 Å². The second-order valence-electron chi connectivity index (χ2n) is 7.68. The maximum Gasteiger partial charge on any atom is 0.238 e. The topological polar surface area (TPSA) is 129 Å². The Hall–Kier alpha value is -3.14. The van der Waals surface area contributed by atoms with Gasteiger partial charge in [0, 0.05) is 11.6 Å². The van der Waals surface area contributed by atoms with Crippen LogP contribution < -0.4 is 19.5 Å². The van der Waals surface area contributed by atoms with Crippen molar-refractivity contribution in [2.75, 3.05) is 22.9 Å². The summed E-state index contributed by atoms with van der Waals surface area (Å²) in [6, 6.07) is 6.00. The van der Waals surface area contributed by atoms with Gasteiger partial charge in [0.2, 0.25) is 16.4 Å². The number of aromatic nitrogens is 1. The lowest BCUT2D eigenvalue weighted by Gasteiger charge is -2.17. The fraction of sp³-hybridized carbons (Fsp3) is 0.381. The SMILES string of the molecule is CC(C)COc1cc(OC(C)C)cc(C(=O)c2cc(N(C=O)S(C)(=O)=O)cnc2N)c1. The predicted octanol–water partition coefficient (Wildman–Crippen LogP) is 2.64. The molecule has 0 atom stereocenters. The molecule has 0 bridgehead atoms. The number of benzene rings is 1. The second kappa shape index (κ2) is 9.78. The van der Waals surface area contributed by atoms with Gasteiger partial charge in [-0.25, -0.2) is 17.7 Å². The molecule has 0 saturated carbocycles. The molecule has 10 heteroatoms. The number of nitrogens with two attached hydrogens (primary N) is 1. The van der Waals surface area contributed by atoms with Crippen LogP contribution in [-0.4, -0.2) is 44.6 Å². The highest BCUT2D eigenvalue weighted by molar-refractivity contribution is 7.92. The minimum absolute atomic E-state index is 0.0514. The maximum atomic E-state index is 13.2. The van der Waals surface area contributed by atoms with E-state index >= 15 is 0 Å². The molecule has 1 aromatic carbocycles. The summed E-state index contributed by atoms with van der Waals surface area (Å²) in [5.74, 6) is 0.537. The van der Waals surface area contributed by atoms with Gasteiger partial charge in [-0.05, 0) is 38.0 Å². The van der Waals surface area contributed by atoms with E-state index in [1.54, 1.807) is 18.2 Å². The van der Waals surface area contributed by atoms with Gasteiger partial charge >= 0.3 is 0 Å². The third kappa shape index (κ3) is 6.42. The molecule has 0 spiro atoms. The average molecular weight is 450 g/mol. The van der Waals surface area contributed by atoms with Crippen molar-refractivity contribution in [3.63, 3.8) is 0 Å². The molecule has 0 aliphatic heterocycles. The van der Waals surface area contributed by atoms with Gasteiger partial charge < -0.3 is 15.2 Å². The highest BCUT2D eigenvalue weighted by atomic mass is 32.2. The van der Waals surface area contributed by atoms with Crippen molar-refractivity contribution in [3.8, 4) is 11.5 Å². The molecule has 31 heavy (non-hydrogen) atoms. The summed E-state index contributed by atoms with van der Waals surface area (Å²) in [6.07, 6.45) is 1.97. The van der Waals surface area contributed by atoms with Gasteiger partial charge in [0.15, 0.2) is 5.78 Å². The zero-order valence-electron chi connectivity index (χ0n) is 18.2. The Labute approximate surface area is 182 Å². The van der Waals surface area contributed by atoms with Crippen molar-refractivity contribution in [3.05, 3.63) is 41.6 Å². The number of ether oxygens (including phenoxy) is 2. The number of hydrogen-bond acceptors (Lipinski definition) is 8. The van der Waals surface area contributed by atoms with Crippen LogP contribution in [-0.2, 0) is 14.8 Å². The van der Waals surface area contributed by atoms with Gasteiger partial charge in [0.05, 0.1) is 36.4 Å². The van der Waals surface area contributed by atoms with Crippen molar-refractivity contribution >= 4 is 33.7 Å². The number of nitrogens with zero attached hydrogens (tertiary/aromatic N) is 2. The largest absolute Gasteiger partial charge is 0.493 e. The van der Waals surface area contributed by atoms with Gasteiger partial charge in [-0.2, -0.15) is 0 Å². The summed E-state index contributed by atoms with van der Waals surface area (Å²) in [7, 11) is -3.90. The number of amides is 1. The third-order valence-electron chi connectivity index (χ3n) is 3.95. The molecule has 1 aromatic heterocycles. The Morgan fingerprint density at radius 2 is 1.81 bits per heavy atom. The van der Waals surface area contributed by atoms with Crippen LogP contribution in [0.2, 0.25) is 0 Å². The lowest BCUT2D eigenvalue weighted by atomic mass is 10.0. The number of hydrogen-bond donors (Lipinski definition) is 1. The molecule has 0 fully saturated rings. The van der Waals surface area contributed by atoms with E-state index in [1.807, 2.05) is 27.7 Å². The van der Waals surface area contributed by atoms with Crippen LogP contribution >= 0.6 is 0 Å². The zero-order valence-corrected chi connectivity index (χ0v) is 19.0. The first kappa shape index (κ1) is 24.1. The first-order valence-corrected chi connectivity index (χ1v) is 11.5. The van der Waals surface area contributed by atoms with E-state index in [2.05, 4.69) is 4.98 Å². The normalized spacial score (nSPS) is 11.5. The monoisotopic (exact) mass is 449 g/mol. The van der Waals surface area contributed by atoms with Crippen molar-refractivity contribution in [2.24, 2.45) is 5.92 Å². The molecule has 9 nitrogen and oxygen atoms in total. The summed E-state index contributed by atoms with van der Waals surface area (Å²) in [5, 5.41) is 0. The van der Waals surface area contributed by atoms with Gasteiger partial charge in [0.1, 0.15) is 17.3 Å². The summed E-state index contributed by atoms with van der Waals surface area (Å²) in [6.45, 7) is 8.15. The second-order valence-corrected chi connectivity index (χ2v) is 9.54. The van der Waals surface area contributed by atoms with Crippen molar-refractivity contribution < 1.29 is 27.5 Å². The van der Waals surface area contributed by atoms with Gasteiger partial charge in [-0.3, -0.25) is 9.59 Å². The van der Waals surface area contributed by atoms with Crippen LogP contribution in [0.25, 0.3) is 0 Å². The molecule has 1 amide bonds. The van der Waals surface area contributed by atoms with Crippen molar-refractivity contribution in [2.45, 2.75) is 33.8 Å². The minimum Gasteiger partial charge on any atom is -0.493 e. The van der Waals surface area contributed by atoms with Crippen molar-refractivity contribution in [1.82, 2.24) is 4.98 Å². The third-order valence-corrected chi connectivity index (χ3v) is 4.97.